The van der Waals surface area contributed by atoms with Crippen LogP contribution in [0.1, 0.15) is 29.8 Å². The van der Waals surface area contributed by atoms with Gasteiger partial charge >= 0.3 is 0 Å². The summed E-state index contributed by atoms with van der Waals surface area (Å²) in [5, 5.41) is 4.76. The van der Waals surface area contributed by atoms with Gasteiger partial charge in [-0.05, 0) is 37.1 Å². The molecule has 0 saturated carbocycles. The molecule has 0 bridgehead atoms. The monoisotopic (exact) mass is 334 g/mol. The number of fused-ring (bicyclic) bond motifs is 2. The van der Waals surface area contributed by atoms with Crippen molar-refractivity contribution in [2.24, 2.45) is 0 Å². The molecule has 25 heavy (non-hydrogen) atoms. The van der Waals surface area contributed by atoms with Gasteiger partial charge in [0.1, 0.15) is 0 Å². The summed E-state index contributed by atoms with van der Waals surface area (Å²) in [4.78, 5) is 4.88. The number of nitrogens with zero attached hydrogens (tertiary/aromatic N) is 1. The van der Waals surface area contributed by atoms with Crippen molar-refractivity contribution in [1.82, 2.24) is 10.3 Å². The third-order valence-electron chi connectivity index (χ3n) is 4.72. The number of rotatable bonds is 4. The largest absolute Gasteiger partial charge is 0.493 e. The van der Waals surface area contributed by atoms with Crippen molar-refractivity contribution in [3.63, 3.8) is 0 Å². The lowest BCUT2D eigenvalue weighted by Gasteiger charge is -2.29. The highest BCUT2D eigenvalue weighted by Crippen LogP contribution is 2.39. The maximum Gasteiger partial charge on any atom is 0.164 e. The first-order chi connectivity index (χ1) is 12.3. The van der Waals surface area contributed by atoms with E-state index in [1.54, 1.807) is 7.11 Å². The van der Waals surface area contributed by atoms with E-state index in [0.29, 0.717) is 6.61 Å². The zero-order valence-corrected chi connectivity index (χ0v) is 14.6. The fourth-order valence-corrected chi connectivity index (χ4v) is 3.57. The van der Waals surface area contributed by atoms with E-state index in [2.05, 4.69) is 35.6 Å². The third kappa shape index (κ3) is 2.83. The summed E-state index contributed by atoms with van der Waals surface area (Å²) in [7, 11) is 1.69. The molecule has 4 heteroatoms. The van der Waals surface area contributed by atoms with Crippen molar-refractivity contribution in [2.45, 2.75) is 19.4 Å². The number of para-hydroxylation sites is 1. The van der Waals surface area contributed by atoms with Gasteiger partial charge in [-0.3, -0.25) is 4.98 Å². The van der Waals surface area contributed by atoms with Gasteiger partial charge in [0.2, 0.25) is 0 Å². The first kappa shape index (κ1) is 15.9. The molecule has 4 rings (SSSR count). The van der Waals surface area contributed by atoms with E-state index in [1.165, 1.54) is 11.1 Å². The molecule has 128 valence electrons. The minimum absolute atomic E-state index is 0.0680. The SMILES string of the molecule is CCOc1c(OC)ccc2c1CCNC2c1ccc2ccccc2n1. The highest BCUT2D eigenvalue weighted by molar-refractivity contribution is 5.78. The average molecular weight is 334 g/mol. The molecule has 3 aromatic rings. The van der Waals surface area contributed by atoms with E-state index < -0.39 is 0 Å². The molecule has 1 aliphatic rings. The summed E-state index contributed by atoms with van der Waals surface area (Å²) in [6, 6.07) is 16.7. The second-order valence-electron chi connectivity index (χ2n) is 6.16. The molecule has 1 aromatic heterocycles. The molecule has 1 N–H and O–H groups in total. The van der Waals surface area contributed by atoms with Gasteiger partial charge in [-0.15, -0.1) is 0 Å². The van der Waals surface area contributed by atoms with Crippen LogP contribution in [0.4, 0.5) is 0 Å². The Hall–Kier alpha value is -2.59. The summed E-state index contributed by atoms with van der Waals surface area (Å²) in [6.07, 6.45) is 0.923. The van der Waals surface area contributed by atoms with Gasteiger partial charge in [0, 0.05) is 17.5 Å². The number of nitrogens with one attached hydrogen (secondary N) is 1. The number of pyridine rings is 1. The maximum atomic E-state index is 5.91. The zero-order chi connectivity index (χ0) is 17.2. The highest BCUT2D eigenvalue weighted by atomic mass is 16.5. The molecule has 2 aromatic carbocycles. The van der Waals surface area contributed by atoms with Gasteiger partial charge in [-0.25, -0.2) is 0 Å². The minimum Gasteiger partial charge on any atom is -0.493 e. The fraction of sp³-hybridized carbons (Fsp3) is 0.286. The van der Waals surface area contributed by atoms with Crippen molar-refractivity contribution >= 4 is 10.9 Å². The van der Waals surface area contributed by atoms with Crippen LogP contribution in [-0.2, 0) is 6.42 Å². The molecule has 0 radical (unpaired) electrons. The van der Waals surface area contributed by atoms with Crippen LogP contribution in [0.3, 0.4) is 0 Å². The lowest BCUT2D eigenvalue weighted by atomic mass is 9.91. The Balaban J connectivity index is 1.81. The van der Waals surface area contributed by atoms with Crippen LogP contribution in [0.5, 0.6) is 11.5 Å². The van der Waals surface area contributed by atoms with Crippen molar-refractivity contribution in [2.75, 3.05) is 20.3 Å². The Morgan fingerprint density at radius 2 is 2.00 bits per heavy atom. The van der Waals surface area contributed by atoms with Gasteiger partial charge in [0.05, 0.1) is 31.0 Å². The molecule has 4 nitrogen and oxygen atoms in total. The zero-order valence-electron chi connectivity index (χ0n) is 14.6. The number of ether oxygens (including phenoxy) is 2. The molecule has 0 aliphatic carbocycles. The van der Waals surface area contributed by atoms with E-state index in [4.69, 9.17) is 14.5 Å². The number of benzene rings is 2. The Labute approximate surface area is 147 Å². The Morgan fingerprint density at radius 1 is 1.12 bits per heavy atom. The lowest BCUT2D eigenvalue weighted by molar-refractivity contribution is 0.305. The summed E-state index contributed by atoms with van der Waals surface area (Å²) in [5.41, 5.74) is 4.50. The predicted molar refractivity (Wildman–Crippen MR) is 99.5 cm³/mol. The molecule has 1 atom stereocenters. The second kappa shape index (κ2) is 6.73. The number of hydrogen-bond donors (Lipinski definition) is 1. The van der Waals surface area contributed by atoms with Crippen LogP contribution in [0.15, 0.2) is 48.5 Å². The topological polar surface area (TPSA) is 43.4 Å². The maximum absolute atomic E-state index is 5.91. The van der Waals surface area contributed by atoms with Crippen LogP contribution in [0.2, 0.25) is 0 Å². The molecular formula is C21H22N2O2. The summed E-state index contributed by atoms with van der Waals surface area (Å²) < 4.78 is 11.4. The minimum atomic E-state index is 0.0680. The molecular weight excluding hydrogens is 312 g/mol. The van der Waals surface area contributed by atoms with E-state index in [9.17, 15) is 0 Å². The first-order valence-electron chi connectivity index (χ1n) is 8.73. The predicted octanol–water partition coefficient (Wildman–Crippen LogP) is 3.88. The molecule has 1 aliphatic heterocycles. The van der Waals surface area contributed by atoms with Crippen LogP contribution in [0, 0.1) is 0 Å². The van der Waals surface area contributed by atoms with Crippen molar-refractivity contribution in [3.8, 4) is 11.5 Å². The van der Waals surface area contributed by atoms with Crippen molar-refractivity contribution in [1.29, 1.82) is 0 Å². The average Bonchev–Trinajstić information content (AvgIpc) is 2.67. The normalized spacial score (nSPS) is 16.5. The number of methoxy groups -OCH3 is 1. The molecule has 0 amide bonds. The standard InChI is InChI=1S/C21H22N2O2/c1-3-25-21-16-12-13-22-20(15(16)9-11-19(21)24-2)18-10-8-14-6-4-5-7-17(14)23-18/h4-11,20,22H,3,12-13H2,1-2H3. The quantitative estimate of drug-likeness (QED) is 0.786. The summed E-state index contributed by atoms with van der Waals surface area (Å²) >= 11 is 0. The van der Waals surface area contributed by atoms with Crippen molar-refractivity contribution < 1.29 is 9.47 Å². The second-order valence-corrected chi connectivity index (χ2v) is 6.16. The fourth-order valence-electron chi connectivity index (χ4n) is 3.57. The van der Waals surface area contributed by atoms with Gasteiger partial charge in [0.15, 0.2) is 11.5 Å². The van der Waals surface area contributed by atoms with E-state index >= 15 is 0 Å². The van der Waals surface area contributed by atoms with Crippen LogP contribution in [-0.4, -0.2) is 25.2 Å². The van der Waals surface area contributed by atoms with Gasteiger partial charge in [-0.2, -0.15) is 0 Å². The van der Waals surface area contributed by atoms with Crippen LogP contribution < -0.4 is 14.8 Å². The number of hydrogen-bond acceptors (Lipinski definition) is 4. The van der Waals surface area contributed by atoms with Crippen LogP contribution in [0.25, 0.3) is 10.9 Å². The Bertz CT molecular complexity index is 908. The molecule has 0 fully saturated rings. The van der Waals surface area contributed by atoms with Gasteiger partial charge in [0.25, 0.3) is 0 Å². The van der Waals surface area contributed by atoms with E-state index in [1.807, 2.05) is 25.1 Å². The lowest BCUT2D eigenvalue weighted by Crippen LogP contribution is -2.31. The Morgan fingerprint density at radius 3 is 2.84 bits per heavy atom. The molecule has 1 unspecified atom stereocenters. The highest BCUT2D eigenvalue weighted by Gasteiger charge is 2.27. The Kier molecular flexibility index (Phi) is 4.28. The smallest absolute Gasteiger partial charge is 0.164 e. The van der Waals surface area contributed by atoms with E-state index in [0.717, 1.165) is 41.1 Å². The summed E-state index contributed by atoms with van der Waals surface area (Å²) in [5.74, 6) is 1.67. The molecule has 0 spiro atoms. The third-order valence-corrected chi connectivity index (χ3v) is 4.72. The van der Waals surface area contributed by atoms with Gasteiger partial charge < -0.3 is 14.8 Å². The van der Waals surface area contributed by atoms with Crippen molar-refractivity contribution in [3.05, 3.63) is 65.4 Å². The molecule has 2 heterocycles. The number of aromatic nitrogens is 1. The first-order valence-corrected chi connectivity index (χ1v) is 8.73. The molecule has 0 saturated heterocycles. The van der Waals surface area contributed by atoms with Crippen LogP contribution >= 0.6 is 0 Å². The summed E-state index contributed by atoms with van der Waals surface area (Å²) in [6.45, 7) is 3.51. The van der Waals surface area contributed by atoms with Gasteiger partial charge in [-0.1, -0.05) is 30.3 Å². The van der Waals surface area contributed by atoms with E-state index in [-0.39, 0.29) is 6.04 Å².